The number of amides is 1. The fourth-order valence-corrected chi connectivity index (χ4v) is 1.47. The van der Waals surface area contributed by atoms with Gasteiger partial charge in [0, 0.05) is 6.92 Å². The van der Waals surface area contributed by atoms with Crippen molar-refractivity contribution in [2.75, 3.05) is 0 Å². The van der Waals surface area contributed by atoms with E-state index in [2.05, 4.69) is 10.5 Å². The summed E-state index contributed by atoms with van der Waals surface area (Å²) >= 11 is 0. The second-order valence-corrected chi connectivity index (χ2v) is 3.68. The van der Waals surface area contributed by atoms with Gasteiger partial charge in [-0.25, -0.2) is 0 Å². The monoisotopic (exact) mass is 220 g/mol. The van der Waals surface area contributed by atoms with Crippen molar-refractivity contribution in [3.8, 4) is 0 Å². The molecule has 0 aromatic heterocycles. The lowest BCUT2D eigenvalue weighted by Gasteiger charge is -2.16. The van der Waals surface area contributed by atoms with Crippen LogP contribution in [0.25, 0.3) is 0 Å². The molecule has 0 unspecified atom stereocenters. The van der Waals surface area contributed by atoms with Crippen molar-refractivity contribution in [2.24, 2.45) is 5.16 Å². The Labute approximate surface area is 95.0 Å². The molecule has 0 heterocycles. The summed E-state index contributed by atoms with van der Waals surface area (Å²) in [5.74, 6) is -0.135. The van der Waals surface area contributed by atoms with Crippen LogP contribution in [0, 0.1) is 0 Å². The van der Waals surface area contributed by atoms with Gasteiger partial charge in [0.1, 0.15) is 0 Å². The van der Waals surface area contributed by atoms with Gasteiger partial charge in [-0.05, 0) is 18.9 Å². The maximum Gasteiger partial charge on any atom is 0.217 e. The molecule has 4 heteroatoms. The topological polar surface area (TPSA) is 61.7 Å². The highest BCUT2D eigenvalue weighted by atomic mass is 16.4. The van der Waals surface area contributed by atoms with Crippen molar-refractivity contribution in [2.45, 2.75) is 26.3 Å². The molecular formula is C12H16N2O2. The summed E-state index contributed by atoms with van der Waals surface area (Å²) in [6.45, 7) is 3.13. The first-order chi connectivity index (χ1) is 7.63. The van der Waals surface area contributed by atoms with E-state index in [1.165, 1.54) is 6.92 Å². The number of carbonyl (C=O) groups is 1. The highest BCUT2D eigenvalue weighted by molar-refractivity contribution is 5.90. The number of hydrogen-bond acceptors (Lipinski definition) is 3. The van der Waals surface area contributed by atoms with Gasteiger partial charge in [0.15, 0.2) is 0 Å². The van der Waals surface area contributed by atoms with Gasteiger partial charge >= 0.3 is 0 Å². The molecule has 1 amide bonds. The molecule has 0 saturated heterocycles. The molecule has 1 aromatic carbocycles. The van der Waals surface area contributed by atoms with Gasteiger partial charge in [0.25, 0.3) is 0 Å². The van der Waals surface area contributed by atoms with Crippen molar-refractivity contribution in [3.05, 3.63) is 35.9 Å². The Kier molecular flexibility index (Phi) is 4.51. The van der Waals surface area contributed by atoms with Gasteiger partial charge in [0.05, 0.1) is 11.8 Å². The summed E-state index contributed by atoms with van der Waals surface area (Å²) < 4.78 is 0. The highest BCUT2D eigenvalue weighted by Crippen LogP contribution is 2.04. The van der Waals surface area contributed by atoms with Gasteiger partial charge in [-0.15, -0.1) is 0 Å². The number of nitrogens with one attached hydrogen (secondary N) is 1. The van der Waals surface area contributed by atoms with Crippen LogP contribution in [0.4, 0.5) is 0 Å². The minimum absolute atomic E-state index is 0.135. The molecule has 1 aromatic rings. The molecule has 1 rings (SSSR count). The molecule has 4 nitrogen and oxygen atoms in total. The van der Waals surface area contributed by atoms with E-state index >= 15 is 0 Å². The largest absolute Gasteiger partial charge is 0.411 e. The molecule has 0 aliphatic rings. The van der Waals surface area contributed by atoms with Crippen molar-refractivity contribution < 1.29 is 10.0 Å². The predicted molar refractivity (Wildman–Crippen MR) is 62.6 cm³/mol. The minimum atomic E-state index is -0.259. The third kappa shape index (κ3) is 3.73. The number of rotatable bonds is 4. The Bertz CT molecular complexity index is 374. The molecule has 0 saturated carbocycles. The van der Waals surface area contributed by atoms with Crippen LogP contribution in [-0.2, 0) is 11.2 Å². The number of nitrogens with zero attached hydrogens (tertiary/aromatic N) is 1. The van der Waals surface area contributed by atoms with Crippen molar-refractivity contribution >= 4 is 11.6 Å². The van der Waals surface area contributed by atoms with Crippen molar-refractivity contribution in [3.63, 3.8) is 0 Å². The van der Waals surface area contributed by atoms with Crippen LogP contribution in [0.5, 0.6) is 0 Å². The smallest absolute Gasteiger partial charge is 0.217 e. The number of hydrogen-bond donors (Lipinski definition) is 2. The lowest BCUT2D eigenvalue weighted by Crippen LogP contribution is -2.40. The molecule has 16 heavy (non-hydrogen) atoms. The Morgan fingerprint density at radius 3 is 2.50 bits per heavy atom. The fourth-order valence-electron chi connectivity index (χ4n) is 1.47. The first-order valence-corrected chi connectivity index (χ1v) is 5.13. The average Bonchev–Trinajstić information content (AvgIpc) is 2.28. The summed E-state index contributed by atoms with van der Waals surface area (Å²) in [5.41, 5.74) is 1.59. The van der Waals surface area contributed by atoms with E-state index in [9.17, 15) is 4.79 Å². The predicted octanol–water partition coefficient (Wildman–Crippen LogP) is 1.58. The van der Waals surface area contributed by atoms with E-state index in [0.29, 0.717) is 12.1 Å². The van der Waals surface area contributed by atoms with E-state index in [1.54, 1.807) is 6.92 Å². The van der Waals surface area contributed by atoms with Crippen LogP contribution in [0.1, 0.15) is 19.4 Å². The molecule has 0 spiro atoms. The van der Waals surface area contributed by atoms with Crippen LogP contribution in [0.2, 0.25) is 0 Å². The van der Waals surface area contributed by atoms with Crippen LogP contribution in [-0.4, -0.2) is 22.9 Å². The van der Waals surface area contributed by atoms with Crippen LogP contribution < -0.4 is 5.32 Å². The lowest BCUT2D eigenvalue weighted by atomic mass is 10.0. The quantitative estimate of drug-likeness (QED) is 0.460. The molecule has 2 N–H and O–H groups in total. The second kappa shape index (κ2) is 5.90. The third-order valence-corrected chi connectivity index (χ3v) is 2.32. The van der Waals surface area contributed by atoms with E-state index in [4.69, 9.17) is 5.21 Å². The Morgan fingerprint density at radius 2 is 2.00 bits per heavy atom. The van der Waals surface area contributed by atoms with E-state index in [1.807, 2.05) is 30.3 Å². The summed E-state index contributed by atoms with van der Waals surface area (Å²) in [5, 5.41) is 14.6. The van der Waals surface area contributed by atoms with Crippen LogP contribution in [0.3, 0.4) is 0 Å². The lowest BCUT2D eigenvalue weighted by molar-refractivity contribution is -0.119. The van der Waals surface area contributed by atoms with Gasteiger partial charge in [-0.3, -0.25) is 4.79 Å². The first kappa shape index (κ1) is 12.2. The summed E-state index contributed by atoms with van der Waals surface area (Å²) in [6.07, 6.45) is 0.621. The molecule has 0 fully saturated rings. The zero-order chi connectivity index (χ0) is 12.0. The molecule has 0 aliphatic heterocycles. The number of carbonyl (C=O) groups excluding carboxylic acids is 1. The molecular weight excluding hydrogens is 204 g/mol. The third-order valence-electron chi connectivity index (χ3n) is 2.32. The zero-order valence-corrected chi connectivity index (χ0v) is 9.47. The van der Waals surface area contributed by atoms with Crippen LogP contribution in [0.15, 0.2) is 35.5 Å². The first-order valence-electron chi connectivity index (χ1n) is 5.13. The van der Waals surface area contributed by atoms with Gasteiger partial charge in [-0.1, -0.05) is 35.5 Å². The van der Waals surface area contributed by atoms with Gasteiger partial charge < -0.3 is 10.5 Å². The number of benzene rings is 1. The molecule has 0 aliphatic carbocycles. The Balaban J connectivity index is 2.75. The zero-order valence-electron chi connectivity index (χ0n) is 9.47. The Morgan fingerprint density at radius 1 is 1.38 bits per heavy atom. The second-order valence-electron chi connectivity index (χ2n) is 3.68. The van der Waals surface area contributed by atoms with Crippen LogP contribution >= 0.6 is 0 Å². The maximum atomic E-state index is 11.0. The summed E-state index contributed by atoms with van der Waals surface area (Å²) in [6, 6.07) is 9.49. The normalized spacial score (nSPS) is 13.2. The van der Waals surface area contributed by atoms with Crippen molar-refractivity contribution in [1.82, 2.24) is 5.32 Å². The molecule has 86 valence electrons. The maximum absolute atomic E-state index is 11.0. The SMILES string of the molecule is CC(=O)N[C@@H](Cc1ccccc1)/C(C)=N\O. The fraction of sp³-hybridized carbons (Fsp3) is 0.333. The highest BCUT2D eigenvalue weighted by Gasteiger charge is 2.14. The Hall–Kier alpha value is -1.84. The van der Waals surface area contributed by atoms with E-state index < -0.39 is 0 Å². The average molecular weight is 220 g/mol. The van der Waals surface area contributed by atoms with Gasteiger partial charge in [0.2, 0.25) is 5.91 Å². The van der Waals surface area contributed by atoms with Gasteiger partial charge in [-0.2, -0.15) is 0 Å². The van der Waals surface area contributed by atoms with Crippen molar-refractivity contribution in [1.29, 1.82) is 0 Å². The molecule has 0 bridgehead atoms. The van der Waals surface area contributed by atoms with E-state index in [-0.39, 0.29) is 11.9 Å². The molecule has 0 radical (unpaired) electrons. The molecule has 1 atom stereocenters. The minimum Gasteiger partial charge on any atom is -0.411 e. The summed E-state index contributed by atoms with van der Waals surface area (Å²) in [4.78, 5) is 11.0. The standard InChI is InChI=1S/C12H16N2O2/c1-9(14-16)12(13-10(2)15)8-11-6-4-3-5-7-11/h3-7,12,16H,8H2,1-2H3,(H,13,15)/b14-9-/t12-/m0/s1. The summed E-state index contributed by atoms with van der Waals surface area (Å²) in [7, 11) is 0. The number of oxime groups is 1. The van der Waals surface area contributed by atoms with E-state index in [0.717, 1.165) is 5.56 Å².